The first-order valence-electron chi connectivity index (χ1n) is 6.35. The quantitative estimate of drug-likeness (QED) is 0.521. The second-order valence-electron chi connectivity index (χ2n) is 5.53. The van der Waals surface area contributed by atoms with Crippen LogP contribution in [-0.2, 0) is 10.8 Å². The summed E-state index contributed by atoms with van der Waals surface area (Å²) in [6.07, 6.45) is 5.44. The molecule has 0 N–H and O–H groups in total. The summed E-state index contributed by atoms with van der Waals surface area (Å²) in [7, 11) is -1.40. The lowest BCUT2D eigenvalue weighted by molar-refractivity contribution is 0.470. The lowest BCUT2D eigenvalue weighted by atomic mass is 10.1. The Morgan fingerprint density at radius 1 is 1.18 bits per heavy atom. The maximum absolute atomic E-state index is 5.77. The Balaban J connectivity index is 2.27. The van der Waals surface area contributed by atoms with Gasteiger partial charge in [0.25, 0.3) is 0 Å². The fourth-order valence-corrected chi connectivity index (χ4v) is 2.11. The van der Waals surface area contributed by atoms with E-state index in [0.29, 0.717) is 0 Å². The van der Waals surface area contributed by atoms with Crippen LogP contribution in [0.15, 0.2) is 42.2 Å². The summed E-state index contributed by atoms with van der Waals surface area (Å²) in [6, 6.07) is 10.7. The van der Waals surface area contributed by atoms with Crippen molar-refractivity contribution in [3.63, 3.8) is 0 Å². The van der Waals surface area contributed by atoms with E-state index in [0.717, 1.165) is 12.8 Å². The fourth-order valence-electron chi connectivity index (χ4n) is 1.55. The van der Waals surface area contributed by atoms with Crippen LogP contribution in [0.5, 0.6) is 0 Å². The van der Waals surface area contributed by atoms with Gasteiger partial charge < -0.3 is 4.43 Å². The third kappa shape index (κ3) is 7.00. The zero-order chi connectivity index (χ0) is 12.7. The molecule has 2 heteroatoms. The minimum absolute atomic E-state index is 1.12. The maximum atomic E-state index is 5.77. The van der Waals surface area contributed by atoms with Gasteiger partial charge in [-0.3, -0.25) is 0 Å². The van der Waals surface area contributed by atoms with Gasteiger partial charge in [-0.05, 0) is 57.0 Å². The highest BCUT2D eigenvalue weighted by atomic mass is 28.4. The molecule has 1 aromatic carbocycles. The predicted molar refractivity (Wildman–Crippen MR) is 77.6 cm³/mol. The van der Waals surface area contributed by atoms with E-state index in [2.05, 4.69) is 56.9 Å². The molecule has 1 rings (SSSR count). The molecule has 0 amide bonds. The molecule has 0 spiro atoms. The minimum atomic E-state index is -1.40. The Bertz CT molecular complexity index is 349. The Hall–Kier alpha value is -1.02. The van der Waals surface area contributed by atoms with Crippen LogP contribution in [0.25, 0.3) is 0 Å². The number of allylic oxidation sites excluding steroid dienone is 1. The molecule has 0 bridgehead atoms. The van der Waals surface area contributed by atoms with E-state index in [1.807, 2.05) is 6.26 Å². The molecule has 0 aliphatic heterocycles. The summed E-state index contributed by atoms with van der Waals surface area (Å²) in [5.41, 5.74) is 2.77. The molecule has 0 radical (unpaired) electrons. The summed E-state index contributed by atoms with van der Waals surface area (Å²) in [5.74, 6) is 0. The molecule has 1 nitrogen and oxygen atoms in total. The number of hydrogen-bond donors (Lipinski definition) is 0. The van der Waals surface area contributed by atoms with E-state index in [1.165, 1.54) is 17.6 Å². The molecule has 0 aliphatic rings. The molecule has 0 fully saturated rings. The molecule has 0 aliphatic carbocycles. The number of benzene rings is 1. The van der Waals surface area contributed by atoms with E-state index in [1.54, 1.807) is 0 Å². The van der Waals surface area contributed by atoms with Gasteiger partial charge in [0, 0.05) is 0 Å². The van der Waals surface area contributed by atoms with Gasteiger partial charge in [-0.25, -0.2) is 0 Å². The highest BCUT2D eigenvalue weighted by Gasteiger charge is 2.13. The van der Waals surface area contributed by atoms with Crippen LogP contribution in [0.2, 0.25) is 19.6 Å². The van der Waals surface area contributed by atoms with Crippen LogP contribution >= 0.6 is 0 Å². The van der Waals surface area contributed by atoms with E-state index in [9.17, 15) is 0 Å². The average molecular weight is 248 g/mol. The van der Waals surface area contributed by atoms with Gasteiger partial charge in [0.05, 0.1) is 6.26 Å². The monoisotopic (exact) mass is 248 g/mol. The lowest BCUT2D eigenvalue weighted by Crippen LogP contribution is -2.22. The Labute approximate surface area is 107 Å². The van der Waals surface area contributed by atoms with Gasteiger partial charge in [0.1, 0.15) is 0 Å². The highest BCUT2D eigenvalue weighted by molar-refractivity contribution is 6.69. The molecule has 0 heterocycles. The van der Waals surface area contributed by atoms with Crippen molar-refractivity contribution in [1.82, 2.24) is 0 Å². The molecular weight excluding hydrogens is 224 g/mol. The van der Waals surface area contributed by atoms with E-state index < -0.39 is 8.32 Å². The fraction of sp³-hybridized carbons (Fsp3) is 0.467. The smallest absolute Gasteiger partial charge is 0.241 e. The third-order valence-electron chi connectivity index (χ3n) is 2.49. The van der Waals surface area contributed by atoms with Gasteiger partial charge in [0.15, 0.2) is 0 Å². The average Bonchev–Trinajstić information content (AvgIpc) is 2.27. The van der Waals surface area contributed by atoms with E-state index >= 15 is 0 Å². The standard InChI is InChI=1S/C15H24OSi/c1-14(13-16-17(2,3)4)9-8-12-15-10-6-5-7-11-15/h5-7,10-11,13H,8-9,12H2,1-4H3/b14-13+. The SMILES string of the molecule is C/C(=C\O[Si](C)(C)C)CCCc1ccccc1. The van der Waals surface area contributed by atoms with Gasteiger partial charge in [-0.2, -0.15) is 0 Å². The Morgan fingerprint density at radius 3 is 2.41 bits per heavy atom. The molecule has 17 heavy (non-hydrogen) atoms. The molecule has 0 aromatic heterocycles. The van der Waals surface area contributed by atoms with Crippen molar-refractivity contribution in [2.75, 3.05) is 0 Å². The number of aryl methyl sites for hydroxylation is 1. The second kappa shape index (κ2) is 6.65. The van der Waals surface area contributed by atoms with Crippen LogP contribution in [0, 0.1) is 0 Å². The topological polar surface area (TPSA) is 9.23 Å². The van der Waals surface area contributed by atoms with Crippen LogP contribution in [0.3, 0.4) is 0 Å². The molecule has 0 atom stereocenters. The summed E-state index contributed by atoms with van der Waals surface area (Å²) < 4.78 is 5.77. The normalized spacial score (nSPS) is 12.6. The van der Waals surface area contributed by atoms with Crippen molar-refractivity contribution in [1.29, 1.82) is 0 Å². The lowest BCUT2D eigenvalue weighted by Gasteiger charge is -2.16. The van der Waals surface area contributed by atoms with Crippen molar-refractivity contribution in [3.05, 3.63) is 47.7 Å². The minimum Gasteiger partial charge on any atom is -0.550 e. The van der Waals surface area contributed by atoms with Crippen molar-refractivity contribution in [3.8, 4) is 0 Å². The van der Waals surface area contributed by atoms with Crippen molar-refractivity contribution >= 4 is 8.32 Å². The van der Waals surface area contributed by atoms with Crippen LogP contribution < -0.4 is 0 Å². The third-order valence-corrected chi connectivity index (χ3v) is 3.32. The largest absolute Gasteiger partial charge is 0.550 e. The van der Waals surface area contributed by atoms with Crippen molar-refractivity contribution in [2.45, 2.75) is 45.8 Å². The molecule has 0 saturated heterocycles. The van der Waals surface area contributed by atoms with Crippen LogP contribution in [0.1, 0.15) is 25.3 Å². The first-order chi connectivity index (χ1) is 7.97. The molecule has 1 aromatic rings. The van der Waals surface area contributed by atoms with E-state index in [-0.39, 0.29) is 0 Å². The number of rotatable bonds is 6. The van der Waals surface area contributed by atoms with Gasteiger partial charge in [0.2, 0.25) is 8.32 Å². The molecule has 0 unspecified atom stereocenters. The summed E-state index contributed by atoms with van der Waals surface area (Å²) in [6.45, 7) is 8.79. The first kappa shape index (κ1) is 14.0. The second-order valence-corrected chi connectivity index (χ2v) is 9.99. The zero-order valence-electron chi connectivity index (χ0n) is 11.5. The van der Waals surface area contributed by atoms with Crippen LogP contribution in [-0.4, -0.2) is 8.32 Å². The van der Waals surface area contributed by atoms with Crippen LogP contribution in [0.4, 0.5) is 0 Å². The zero-order valence-corrected chi connectivity index (χ0v) is 12.5. The summed E-state index contributed by atoms with van der Waals surface area (Å²) in [4.78, 5) is 0. The predicted octanol–water partition coefficient (Wildman–Crippen LogP) is 4.76. The molecule has 0 saturated carbocycles. The maximum Gasteiger partial charge on any atom is 0.241 e. The molecular formula is C15H24OSi. The van der Waals surface area contributed by atoms with Gasteiger partial charge in [-0.1, -0.05) is 30.3 Å². The molecule has 94 valence electrons. The first-order valence-corrected chi connectivity index (χ1v) is 9.75. The van der Waals surface area contributed by atoms with Gasteiger partial charge in [-0.15, -0.1) is 0 Å². The van der Waals surface area contributed by atoms with E-state index in [4.69, 9.17) is 4.43 Å². The Kier molecular flexibility index (Phi) is 5.49. The summed E-state index contributed by atoms with van der Waals surface area (Å²) in [5, 5.41) is 0. The van der Waals surface area contributed by atoms with Gasteiger partial charge >= 0.3 is 0 Å². The highest BCUT2D eigenvalue weighted by Crippen LogP contribution is 2.12. The Morgan fingerprint density at radius 2 is 1.82 bits per heavy atom. The number of hydrogen-bond acceptors (Lipinski definition) is 1. The summed E-state index contributed by atoms with van der Waals surface area (Å²) >= 11 is 0. The van der Waals surface area contributed by atoms with Crippen molar-refractivity contribution in [2.24, 2.45) is 0 Å². The van der Waals surface area contributed by atoms with Crippen molar-refractivity contribution < 1.29 is 4.43 Å².